The van der Waals surface area contributed by atoms with Gasteiger partial charge >= 0.3 is 0 Å². The Morgan fingerprint density at radius 2 is 2.44 bits per heavy atom. The van der Waals surface area contributed by atoms with Crippen molar-refractivity contribution in [3.05, 3.63) is 23.4 Å². The summed E-state index contributed by atoms with van der Waals surface area (Å²) in [5, 5.41) is 8.17. The standard InChI is InChI=1S/C12H15ClN4O/c13-9-3-4-11-15-12(16-17(11)8-9)14-6-5-10-2-1-7-18-10/h3-4,8,10H,1-2,5-7H2,(H,14,16). The van der Waals surface area contributed by atoms with E-state index in [4.69, 9.17) is 16.3 Å². The highest BCUT2D eigenvalue weighted by molar-refractivity contribution is 6.30. The molecule has 0 aliphatic carbocycles. The molecule has 1 unspecified atom stereocenters. The maximum atomic E-state index is 5.89. The zero-order valence-corrected chi connectivity index (χ0v) is 10.7. The molecule has 0 aromatic carbocycles. The maximum absolute atomic E-state index is 5.89. The first-order chi connectivity index (χ1) is 8.81. The fourth-order valence-corrected chi connectivity index (χ4v) is 2.31. The predicted molar refractivity (Wildman–Crippen MR) is 70.1 cm³/mol. The molecule has 2 aromatic heterocycles. The van der Waals surface area contributed by atoms with Crippen molar-refractivity contribution in [1.82, 2.24) is 14.6 Å². The lowest BCUT2D eigenvalue weighted by molar-refractivity contribution is 0.107. The van der Waals surface area contributed by atoms with Gasteiger partial charge in [-0.05, 0) is 31.4 Å². The van der Waals surface area contributed by atoms with Gasteiger partial charge in [0.1, 0.15) is 0 Å². The summed E-state index contributed by atoms with van der Waals surface area (Å²) < 4.78 is 7.24. The minimum absolute atomic E-state index is 0.393. The molecule has 18 heavy (non-hydrogen) atoms. The van der Waals surface area contributed by atoms with E-state index in [2.05, 4.69) is 15.4 Å². The van der Waals surface area contributed by atoms with E-state index in [-0.39, 0.29) is 0 Å². The number of halogens is 1. The van der Waals surface area contributed by atoms with Gasteiger partial charge in [0.05, 0.1) is 11.1 Å². The van der Waals surface area contributed by atoms with E-state index in [1.54, 1.807) is 10.7 Å². The topological polar surface area (TPSA) is 51.5 Å². The molecule has 2 aromatic rings. The Morgan fingerprint density at radius 3 is 3.28 bits per heavy atom. The van der Waals surface area contributed by atoms with Crippen LogP contribution in [-0.4, -0.2) is 33.9 Å². The quantitative estimate of drug-likeness (QED) is 0.923. The molecule has 1 aliphatic rings. The molecule has 0 amide bonds. The Bertz CT molecular complexity index is 536. The van der Waals surface area contributed by atoms with Gasteiger partial charge in [-0.25, -0.2) is 4.52 Å². The Morgan fingerprint density at radius 1 is 1.50 bits per heavy atom. The Kier molecular flexibility index (Phi) is 3.34. The Labute approximate surface area is 110 Å². The lowest BCUT2D eigenvalue weighted by atomic mass is 10.2. The SMILES string of the molecule is Clc1ccc2nc(NCCC3CCCO3)nn2c1. The number of pyridine rings is 1. The van der Waals surface area contributed by atoms with Gasteiger partial charge in [0, 0.05) is 19.3 Å². The van der Waals surface area contributed by atoms with E-state index in [9.17, 15) is 0 Å². The van der Waals surface area contributed by atoms with Crippen LogP contribution in [-0.2, 0) is 4.74 Å². The second-order valence-corrected chi connectivity index (χ2v) is 4.87. The third-order valence-corrected chi connectivity index (χ3v) is 3.29. The smallest absolute Gasteiger partial charge is 0.243 e. The van der Waals surface area contributed by atoms with Crippen LogP contribution in [0.25, 0.3) is 5.65 Å². The number of aromatic nitrogens is 3. The van der Waals surface area contributed by atoms with Crippen molar-refractivity contribution in [2.24, 2.45) is 0 Å². The van der Waals surface area contributed by atoms with Crippen LogP contribution in [0.3, 0.4) is 0 Å². The summed E-state index contributed by atoms with van der Waals surface area (Å²) in [7, 11) is 0. The Balaban J connectivity index is 1.60. The minimum Gasteiger partial charge on any atom is -0.378 e. The van der Waals surface area contributed by atoms with Crippen LogP contribution in [0, 0.1) is 0 Å². The van der Waals surface area contributed by atoms with Crippen molar-refractivity contribution in [3.63, 3.8) is 0 Å². The zero-order chi connectivity index (χ0) is 12.4. The van der Waals surface area contributed by atoms with Gasteiger partial charge in [-0.1, -0.05) is 11.6 Å². The number of ether oxygens (including phenoxy) is 1. The van der Waals surface area contributed by atoms with Gasteiger partial charge in [0.25, 0.3) is 0 Å². The summed E-state index contributed by atoms with van der Waals surface area (Å²) >= 11 is 5.89. The third-order valence-electron chi connectivity index (χ3n) is 3.07. The molecular formula is C12H15ClN4O. The number of hydrogen-bond donors (Lipinski definition) is 1. The molecule has 0 bridgehead atoms. The van der Waals surface area contributed by atoms with E-state index in [0.717, 1.165) is 31.6 Å². The van der Waals surface area contributed by atoms with Gasteiger partial charge in [0.2, 0.25) is 5.95 Å². The molecule has 6 heteroatoms. The van der Waals surface area contributed by atoms with Crippen molar-refractivity contribution < 1.29 is 4.74 Å². The average Bonchev–Trinajstić information content (AvgIpc) is 2.97. The van der Waals surface area contributed by atoms with Crippen molar-refractivity contribution in [2.45, 2.75) is 25.4 Å². The number of anilines is 1. The lowest BCUT2D eigenvalue weighted by Crippen LogP contribution is -2.13. The molecule has 3 rings (SSSR count). The van der Waals surface area contributed by atoms with Crippen LogP contribution in [0.4, 0.5) is 5.95 Å². The molecule has 5 nitrogen and oxygen atoms in total. The van der Waals surface area contributed by atoms with E-state index >= 15 is 0 Å². The second kappa shape index (κ2) is 5.12. The zero-order valence-electron chi connectivity index (χ0n) is 9.97. The van der Waals surface area contributed by atoms with Crippen molar-refractivity contribution in [1.29, 1.82) is 0 Å². The lowest BCUT2D eigenvalue weighted by Gasteiger charge is -2.08. The van der Waals surface area contributed by atoms with Gasteiger partial charge in [0.15, 0.2) is 5.65 Å². The normalized spacial score (nSPS) is 19.5. The highest BCUT2D eigenvalue weighted by Crippen LogP contribution is 2.15. The summed E-state index contributed by atoms with van der Waals surface area (Å²) in [5.74, 6) is 0.635. The van der Waals surface area contributed by atoms with E-state index in [1.165, 1.54) is 6.42 Å². The first kappa shape index (κ1) is 11.7. The first-order valence-electron chi connectivity index (χ1n) is 6.19. The second-order valence-electron chi connectivity index (χ2n) is 4.44. The number of hydrogen-bond acceptors (Lipinski definition) is 4. The van der Waals surface area contributed by atoms with Crippen LogP contribution in [0.2, 0.25) is 5.02 Å². The van der Waals surface area contributed by atoms with Crippen molar-refractivity contribution in [2.75, 3.05) is 18.5 Å². The molecule has 0 radical (unpaired) electrons. The molecule has 1 aliphatic heterocycles. The number of nitrogens with one attached hydrogen (secondary N) is 1. The number of rotatable bonds is 4. The van der Waals surface area contributed by atoms with Crippen LogP contribution < -0.4 is 5.32 Å². The third kappa shape index (κ3) is 2.57. The van der Waals surface area contributed by atoms with E-state index < -0.39 is 0 Å². The van der Waals surface area contributed by atoms with E-state index in [1.807, 2.05) is 12.1 Å². The molecular weight excluding hydrogens is 252 g/mol. The fourth-order valence-electron chi connectivity index (χ4n) is 2.15. The molecule has 96 valence electrons. The molecule has 1 atom stereocenters. The summed E-state index contributed by atoms with van der Waals surface area (Å²) in [4.78, 5) is 4.36. The monoisotopic (exact) mass is 266 g/mol. The maximum Gasteiger partial charge on any atom is 0.243 e. The summed E-state index contributed by atoms with van der Waals surface area (Å²) in [6, 6.07) is 3.66. The first-order valence-corrected chi connectivity index (χ1v) is 6.56. The fraction of sp³-hybridized carbons (Fsp3) is 0.500. The van der Waals surface area contributed by atoms with Gasteiger partial charge in [-0.15, -0.1) is 5.10 Å². The average molecular weight is 267 g/mol. The summed E-state index contributed by atoms with van der Waals surface area (Å²) in [6.07, 6.45) is 5.47. The molecule has 0 saturated carbocycles. The van der Waals surface area contributed by atoms with E-state index in [0.29, 0.717) is 17.1 Å². The van der Waals surface area contributed by atoms with Crippen molar-refractivity contribution in [3.8, 4) is 0 Å². The predicted octanol–water partition coefficient (Wildman–Crippen LogP) is 2.36. The largest absolute Gasteiger partial charge is 0.378 e. The van der Waals surface area contributed by atoms with Crippen LogP contribution >= 0.6 is 11.6 Å². The van der Waals surface area contributed by atoms with Crippen LogP contribution in [0.5, 0.6) is 0 Å². The van der Waals surface area contributed by atoms with Gasteiger partial charge < -0.3 is 10.1 Å². The minimum atomic E-state index is 0.393. The molecule has 1 fully saturated rings. The van der Waals surface area contributed by atoms with Gasteiger partial charge in [-0.2, -0.15) is 4.98 Å². The molecule has 3 heterocycles. The summed E-state index contributed by atoms with van der Waals surface area (Å²) in [6.45, 7) is 1.73. The Hall–Kier alpha value is -1.33. The van der Waals surface area contributed by atoms with Crippen LogP contribution in [0.15, 0.2) is 18.3 Å². The molecule has 1 saturated heterocycles. The highest BCUT2D eigenvalue weighted by Gasteiger charge is 2.14. The molecule has 1 N–H and O–H groups in total. The van der Waals surface area contributed by atoms with Gasteiger partial charge in [-0.3, -0.25) is 0 Å². The molecule has 0 spiro atoms. The van der Waals surface area contributed by atoms with Crippen LogP contribution in [0.1, 0.15) is 19.3 Å². The van der Waals surface area contributed by atoms with Crippen molar-refractivity contribution >= 4 is 23.2 Å². The number of fused-ring (bicyclic) bond motifs is 1. The highest BCUT2D eigenvalue weighted by atomic mass is 35.5. The number of nitrogens with zero attached hydrogens (tertiary/aromatic N) is 3. The summed E-state index contributed by atoms with van der Waals surface area (Å²) in [5.41, 5.74) is 0.791.